The number of hydrogen-bond donors (Lipinski definition) is 0. The standard InChI is InChI=1S/C18H20N.ClHO4/c1-13-9-11-14(12-10-13)17-18(2,3)15-7-5-6-8-16(15)19(17)4;2-1(3,4)5/h5-12H,1-4H3;(H,2,3,4,5)/q+1;/p-1. The summed E-state index contributed by atoms with van der Waals surface area (Å²) in [6, 6.07) is 17.5. The molecule has 0 saturated carbocycles. The zero-order chi connectivity index (χ0) is 18.1. The second kappa shape index (κ2) is 6.63. The van der Waals surface area contributed by atoms with E-state index in [1.165, 1.54) is 28.1 Å². The maximum absolute atomic E-state index is 8.49. The third-order valence-corrected chi connectivity index (χ3v) is 4.19. The first-order valence-electron chi connectivity index (χ1n) is 7.41. The van der Waals surface area contributed by atoms with E-state index in [2.05, 4.69) is 80.9 Å². The summed E-state index contributed by atoms with van der Waals surface area (Å²) in [4.78, 5) is 0. The Hall–Kier alpha value is -1.76. The lowest BCUT2D eigenvalue weighted by atomic mass is 9.79. The van der Waals surface area contributed by atoms with Crippen molar-refractivity contribution in [3.63, 3.8) is 0 Å². The molecule has 0 radical (unpaired) electrons. The molecule has 0 fully saturated rings. The van der Waals surface area contributed by atoms with Gasteiger partial charge < -0.3 is 0 Å². The van der Waals surface area contributed by atoms with Crippen molar-refractivity contribution in [2.45, 2.75) is 26.2 Å². The molecule has 2 aromatic carbocycles. The Morgan fingerprint density at radius 3 is 1.88 bits per heavy atom. The number of hydrogen-bond acceptors (Lipinski definition) is 4. The molecule has 0 saturated heterocycles. The van der Waals surface area contributed by atoms with Crippen LogP contribution in [-0.2, 0) is 5.41 Å². The maximum Gasteiger partial charge on any atom is 0.209 e. The Morgan fingerprint density at radius 1 is 0.875 bits per heavy atom. The number of nitrogens with zero attached hydrogens (tertiary/aromatic N) is 1. The quantitative estimate of drug-likeness (QED) is 0.636. The Morgan fingerprint density at radius 2 is 1.38 bits per heavy atom. The minimum atomic E-state index is -4.94. The normalized spacial score (nSPS) is 15.7. The summed E-state index contributed by atoms with van der Waals surface area (Å²) in [6.07, 6.45) is 0. The summed E-state index contributed by atoms with van der Waals surface area (Å²) < 4.78 is 36.3. The first-order chi connectivity index (χ1) is 11.0. The molecule has 0 bridgehead atoms. The molecule has 0 amide bonds. The van der Waals surface area contributed by atoms with Crippen LogP contribution in [0.25, 0.3) is 0 Å². The number of fused-ring (bicyclic) bond motifs is 1. The molecule has 0 spiro atoms. The van der Waals surface area contributed by atoms with Gasteiger partial charge in [0.25, 0.3) is 0 Å². The van der Waals surface area contributed by atoms with Crippen LogP contribution in [0.15, 0.2) is 48.5 Å². The Bertz CT molecular complexity index is 755. The fourth-order valence-corrected chi connectivity index (χ4v) is 3.23. The summed E-state index contributed by atoms with van der Waals surface area (Å²) in [5, 5.41) is 0. The Balaban J connectivity index is 0.000000368. The largest absolute Gasteiger partial charge is 0.222 e. The van der Waals surface area contributed by atoms with Crippen LogP contribution in [0, 0.1) is 17.2 Å². The van der Waals surface area contributed by atoms with E-state index in [4.69, 9.17) is 18.6 Å². The van der Waals surface area contributed by atoms with Crippen molar-refractivity contribution >= 4 is 11.4 Å². The highest BCUT2D eigenvalue weighted by Gasteiger charge is 2.44. The summed E-state index contributed by atoms with van der Waals surface area (Å²) in [5.41, 5.74) is 6.79. The average molecular weight is 350 g/mol. The maximum atomic E-state index is 8.49. The number of benzene rings is 2. The first-order valence-corrected chi connectivity index (χ1v) is 8.64. The SMILES string of the molecule is Cc1ccc(C2=[N+](C)c3ccccc3C2(C)C)cc1.[O-][Cl+3]([O-])([O-])[O-]. The monoisotopic (exact) mass is 349 g/mol. The first kappa shape index (κ1) is 18.6. The van der Waals surface area contributed by atoms with Crippen molar-refractivity contribution in [2.24, 2.45) is 0 Å². The van der Waals surface area contributed by atoms with Crippen molar-refractivity contribution < 1.29 is 33.5 Å². The third kappa shape index (κ3) is 4.01. The number of para-hydroxylation sites is 1. The van der Waals surface area contributed by atoms with Crippen LogP contribution < -0.4 is 18.6 Å². The fourth-order valence-electron chi connectivity index (χ4n) is 3.23. The summed E-state index contributed by atoms with van der Waals surface area (Å²) in [5.74, 6) is 0. The summed E-state index contributed by atoms with van der Waals surface area (Å²) >= 11 is 0. The molecular weight excluding hydrogens is 330 g/mol. The van der Waals surface area contributed by atoms with Crippen molar-refractivity contribution in [3.05, 3.63) is 65.2 Å². The molecule has 128 valence electrons. The number of halogens is 1. The van der Waals surface area contributed by atoms with Gasteiger partial charge in [-0.1, -0.05) is 35.9 Å². The molecule has 0 aliphatic carbocycles. The van der Waals surface area contributed by atoms with Crippen molar-refractivity contribution in [1.82, 2.24) is 0 Å². The van der Waals surface area contributed by atoms with E-state index < -0.39 is 10.2 Å². The van der Waals surface area contributed by atoms with Crippen LogP contribution in [-0.4, -0.2) is 17.3 Å². The third-order valence-electron chi connectivity index (χ3n) is 4.19. The highest BCUT2D eigenvalue weighted by atomic mass is 35.7. The predicted molar refractivity (Wildman–Crippen MR) is 80.6 cm³/mol. The van der Waals surface area contributed by atoms with E-state index in [-0.39, 0.29) is 5.41 Å². The minimum Gasteiger partial charge on any atom is -0.222 e. The lowest BCUT2D eigenvalue weighted by Crippen LogP contribution is -2.68. The molecule has 2 aromatic rings. The molecule has 0 atom stereocenters. The van der Waals surface area contributed by atoms with Crippen molar-refractivity contribution in [1.29, 1.82) is 0 Å². The zero-order valence-electron chi connectivity index (χ0n) is 14.1. The van der Waals surface area contributed by atoms with Crippen LogP contribution in [0.1, 0.15) is 30.5 Å². The molecule has 6 heteroatoms. The van der Waals surface area contributed by atoms with Gasteiger partial charge in [0.2, 0.25) is 5.69 Å². The van der Waals surface area contributed by atoms with Gasteiger partial charge in [0.05, 0.1) is 5.41 Å². The van der Waals surface area contributed by atoms with E-state index >= 15 is 0 Å². The van der Waals surface area contributed by atoms with Gasteiger partial charge in [-0.25, -0.2) is 18.6 Å². The van der Waals surface area contributed by atoms with Gasteiger partial charge in [-0.05, 0) is 32.9 Å². The van der Waals surface area contributed by atoms with Gasteiger partial charge in [0.1, 0.15) is 7.05 Å². The minimum absolute atomic E-state index is 0.0562. The Kier molecular flexibility index (Phi) is 5.13. The highest BCUT2D eigenvalue weighted by Crippen LogP contribution is 2.40. The summed E-state index contributed by atoms with van der Waals surface area (Å²) in [6.45, 7) is 6.75. The molecule has 1 aliphatic rings. The van der Waals surface area contributed by atoms with Gasteiger partial charge in [-0.2, -0.15) is 4.58 Å². The highest BCUT2D eigenvalue weighted by molar-refractivity contribution is 6.07. The van der Waals surface area contributed by atoms with E-state index in [0.29, 0.717) is 0 Å². The summed E-state index contributed by atoms with van der Waals surface area (Å²) in [7, 11) is -2.78. The number of rotatable bonds is 1. The van der Waals surface area contributed by atoms with E-state index in [9.17, 15) is 0 Å². The predicted octanol–water partition coefficient (Wildman–Crippen LogP) is -0.707. The van der Waals surface area contributed by atoms with Gasteiger partial charge in [0, 0.05) is 17.2 Å². The van der Waals surface area contributed by atoms with Crippen LogP contribution in [0.4, 0.5) is 5.69 Å². The molecule has 24 heavy (non-hydrogen) atoms. The smallest absolute Gasteiger partial charge is 0.209 e. The molecule has 5 nitrogen and oxygen atoms in total. The molecule has 1 aliphatic heterocycles. The lowest BCUT2D eigenvalue weighted by Gasteiger charge is -2.17. The van der Waals surface area contributed by atoms with Crippen molar-refractivity contribution in [2.75, 3.05) is 7.05 Å². The molecule has 0 N–H and O–H groups in total. The van der Waals surface area contributed by atoms with Crippen LogP contribution in [0.5, 0.6) is 0 Å². The van der Waals surface area contributed by atoms with Crippen molar-refractivity contribution in [3.8, 4) is 0 Å². The molecule has 0 aromatic heterocycles. The van der Waals surface area contributed by atoms with Crippen LogP contribution >= 0.6 is 0 Å². The van der Waals surface area contributed by atoms with Crippen LogP contribution in [0.2, 0.25) is 0 Å². The van der Waals surface area contributed by atoms with Crippen LogP contribution in [0.3, 0.4) is 0 Å². The lowest BCUT2D eigenvalue weighted by molar-refractivity contribution is -2.00. The van der Waals surface area contributed by atoms with Gasteiger partial charge in [-0.3, -0.25) is 0 Å². The Labute approximate surface area is 143 Å². The van der Waals surface area contributed by atoms with Gasteiger partial charge >= 0.3 is 0 Å². The second-order valence-corrected chi connectivity index (χ2v) is 7.05. The van der Waals surface area contributed by atoms with Gasteiger partial charge in [-0.15, -0.1) is 10.2 Å². The average Bonchev–Trinajstić information content (AvgIpc) is 2.67. The molecule has 3 rings (SSSR count). The topological polar surface area (TPSA) is 95.2 Å². The molecule has 1 heterocycles. The van der Waals surface area contributed by atoms with E-state index in [1.54, 1.807) is 0 Å². The van der Waals surface area contributed by atoms with E-state index in [0.717, 1.165) is 0 Å². The molecule has 0 unspecified atom stereocenters. The second-order valence-electron chi connectivity index (χ2n) is 6.29. The number of aryl methyl sites for hydroxylation is 1. The molecular formula is C18H20ClNO4. The fraction of sp³-hybridized carbons (Fsp3) is 0.278. The zero-order valence-corrected chi connectivity index (χ0v) is 14.8. The van der Waals surface area contributed by atoms with Gasteiger partial charge in [0.15, 0.2) is 5.71 Å². The van der Waals surface area contributed by atoms with E-state index in [1.807, 2.05) is 0 Å².